The fourth-order valence-electron chi connectivity index (χ4n) is 3.19. The molecule has 0 aliphatic carbocycles. The smallest absolute Gasteiger partial charge is 0.259 e. The molecular weight excluding hydrogens is 396 g/mol. The molecule has 0 radical (unpaired) electrons. The Bertz CT molecular complexity index is 1080. The number of anilines is 1. The van der Waals surface area contributed by atoms with Crippen molar-refractivity contribution < 1.29 is 23.8 Å². The first-order valence-corrected chi connectivity index (χ1v) is 9.87. The molecular formula is C24H22N2O5. The number of carbonyl (C=O) groups excluding carboxylic acids is 2. The van der Waals surface area contributed by atoms with Gasteiger partial charge in [-0.2, -0.15) is 0 Å². The zero-order valence-electron chi connectivity index (χ0n) is 17.0. The molecule has 0 bridgehead atoms. The second-order valence-corrected chi connectivity index (χ2v) is 7.01. The molecule has 1 heterocycles. The molecule has 1 aliphatic heterocycles. The van der Waals surface area contributed by atoms with E-state index in [1.165, 1.54) is 0 Å². The van der Waals surface area contributed by atoms with E-state index < -0.39 is 0 Å². The Morgan fingerprint density at radius 3 is 2.55 bits per heavy atom. The molecule has 0 unspecified atom stereocenters. The predicted octanol–water partition coefficient (Wildman–Crippen LogP) is 3.92. The van der Waals surface area contributed by atoms with Crippen LogP contribution in [0.3, 0.4) is 0 Å². The lowest BCUT2D eigenvalue weighted by molar-refractivity contribution is -0.123. The van der Waals surface area contributed by atoms with Crippen molar-refractivity contribution >= 4 is 17.5 Å². The summed E-state index contributed by atoms with van der Waals surface area (Å²) in [6, 6.07) is 21.2. The minimum atomic E-state index is -0.309. The van der Waals surface area contributed by atoms with Crippen molar-refractivity contribution in [3.8, 4) is 17.2 Å². The predicted molar refractivity (Wildman–Crippen MR) is 115 cm³/mol. The summed E-state index contributed by atoms with van der Waals surface area (Å²) in [5, 5.41) is 5.70. The van der Waals surface area contributed by atoms with Crippen LogP contribution in [0.5, 0.6) is 17.2 Å². The van der Waals surface area contributed by atoms with Gasteiger partial charge in [-0.15, -0.1) is 0 Å². The molecule has 2 N–H and O–H groups in total. The summed E-state index contributed by atoms with van der Waals surface area (Å²) >= 11 is 0. The Hall–Kier alpha value is -4.00. The number of hydrogen-bond donors (Lipinski definition) is 2. The van der Waals surface area contributed by atoms with Crippen LogP contribution < -0.4 is 24.8 Å². The van der Waals surface area contributed by atoms with Crippen molar-refractivity contribution in [1.29, 1.82) is 0 Å². The van der Waals surface area contributed by atoms with Crippen molar-refractivity contribution in [3.63, 3.8) is 0 Å². The van der Waals surface area contributed by atoms with Gasteiger partial charge in [0, 0.05) is 5.69 Å². The molecule has 2 amide bonds. The molecule has 0 aromatic heterocycles. The van der Waals surface area contributed by atoms with Crippen molar-refractivity contribution in [1.82, 2.24) is 5.32 Å². The molecule has 31 heavy (non-hydrogen) atoms. The standard InChI is InChI=1S/C24H22N2O5/c1-16(17-11-12-21-22(13-17)31-15-30-21)25-23(27)14-29-20-10-6-5-9-19(20)24(28)26-18-7-3-2-4-8-18/h2-13,16H,14-15H2,1H3,(H,25,27)(H,26,28)/t16-/m1/s1. The van der Waals surface area contributed by atoms with E-state index in [4.69, 9.17) is 14.2 Å². The summed E-state index contributed by atoms with van der Waals surface area (Å²) in [7, 11) is 0. The van der Waals surface area contributed by atoms with E-state index in [9.17, 15) is 9.59 Å². The largest absolute Gasteiger partial charge is 0.483 e. The second-order valence-electron chi connectivity index (χ2n) is 7.01. The molecule has 7 nitrogen and oxygen atoms in total. The van der Waals surface area contributed by atoms with E-state index >= 15 is 0 Å². The average Bonchev–Trinajstić information content (AvgIpc) is 3.26. The molecule has 4 rings (SSSR count). The van der Waals surface area contributed by atoms with Gasteiger partial charge in [0.2, 0.25) is 6.79 Å². The van der Waals surface area contributed by atoms with E-state index in [1.807, 2.05) is 43.3 Å². The maximum atomic E-state index is 12.6. The lowest BCUT2D eigenvalue weighted by Gasteiger charge is -2.16. The maximum Gasteiger partial charge on any atom is 0.259 e. The van der Waals surface area contributed by atoms with Crippen LogP contribution in [-0.2, 0) is 4.79 Å². The first-order chi connectivity index (χ1) is 15.1. The Morgan fingerprint density at radius 2 is 1.71 bits per heavy atom. The minimum absolute atomic E-state index is 0.199. The Balaban J connectivity index is 1.35. The SMILES string of the molecule is C[C@@H](NC(=O)COc1ccccc1C(=O)Nc1ccccc1)c1ccc2c(c1)OCO2. The Labute approximate surface area is 179 Å². The van der Waals surface area contributed by atoms with E-state index in [0.29, 0.717) is 28.5 Å². The second kappa shape index (κ2) is 9.21. The third-order valence-corrected chi connectivity index (χ3v) is 4.80. The highest BCUT2D eigenvalue weighted by molar-refractivity contribution is 6.06. The lowest BCUT2D eigenvalue weighted by Crippen LogP contribution is -2.31. The average molecular weight is 418 g/mol. The van der Waals surface area contributed by atoms with Gasteiger partial charge in [-0.1, -0.05) is 36.4 Å². The Kier molecular flexibility index (Phi) is 6.03. The number of nitrogens with one attached hydrogen (secondary N) is 2. The molecule has 3 aromatic carbocycles. The van der Waals surface area contributed by atoms with Crippen LogP contribution in [0, 0.1) is 0 Å². The number of benzene rings is 3. The molecule has 158 valence electrons. The van der Waals surface area contributed by atoms with E-state index in [-0.39, 0.29) is 31.3 Å². The molecule has 0 spiro atoms. The molecule has 0 fully saturated rings. The molecule has 7 heteroatoms. The topological polar surface area (TPSA) is 85.9 Å². The monoisotopic (exact) mass is 418 g/mol. The maximum absolute atomic E-state index is 12.6. The summed E-state index contributed by atoms with van der Waals surface area (Å²) in [6.07, 6.45) is 0. The summed E-state index contributed by atoms with van der Waals surface area (Å²) < 4.78 is 16.3. The molecule has 1 atom stereocenters. The summed E-state index contributed by atoms with van der Waals surface area (Å²) in [4.78, 5) is 25.0. The van der Waals surface area contributed by atoms with Crippen LogP contribution in [0.1, 0.15) is 28.9 Å². The van der Waals surface area contributed by atoms with Crippen LogP contribution in [0.4, 0.5) is 5.69 Å². The van der Waals surface area contributed by atoms with Gasteiger partial charge < -0.3 is 24.8 Å². The molecule has 0 saturated heterocycles. The van der Waals surface area contributed by atoms with Crippen molar-refractivity contribution in [2.24, 2.45) is 0 Å². The van der Waals surface area contributed by atoms with Crippen LogP contribution in [0.15, 0.2) is 72.8 Å². The number of ether oxygens (including phenoxy) is 3. The van der Waals surface area contributed by atoms with Crippen molar-refractivity contribution in [2.75, 3.05) is 18.7 Å². The molecule has 3 aromatic rings. The van der Waals surface area contributed by atoms with Crippen molar-refractivity contribution in [3.05, 3.63) is 83.9 Å². The first-order valence-electron chi connectivity index (χ1n) is 9.87. The van der Waals surface area contributed by atoms with Crippen LogP contribution in [-0.4, -0.2) is 25.2 Å². The van der Waals surface area contributed by atoms with Crippen molar-refractivity contribution in [2.45, 2.75) is 13.0 Å². The molecule has 0 saturated carbocycles. The van der Waals surface area contributed by atoms with Gasteiger partial charge in [-0.25, -0.2) is 0 Å². The van der Waals surface area contributed by atoms with Gasteiger partial charge in [-0.05, 0) is 48.9 Å². The van der Waals surface area contributed by atoms with Gasteiger partial charge in [-0.3, -0.25) is 9.59 Å². The fraction of sp³-hybridized carbons (Fsp3) is 0.167. The normalized spacial score (nSPS) is 12.7. The van der Waals surface area contributed by atoms with Crippen LogP contribution in [0.2, 0.25) is 0 Å². The number of hydrogen-bond acceptors (Lipinski definition) is 5. The van der Waals surface area contributed by atoms with Gasteiger partial charge in [0.15, 0.2) is 18.1 Å². The number of fused-ring (bicyclic) bond motifs is 1. The number of rotatable bonds is 7. The van der Waals surface area contributed by atoms with Gasteiger partial charge in [0.25, 0.3) is 11.8 Å². The Morgan fingerprint density at radius 1 is 0.968 bits per heavy atom. The highest BCUT2D eigenvalue weighted by Gasteiger charge is 2.18. The highest BCUT2D eigenvalue weighted by atomic mass is 16.7. The van der Waals surface area contributed by atoms with Gasteiger partial charge in [0.05, 0.1) is 11.6 Å². The quantitative estimate of drug-likeness (QED) is 0.607. The minimum Gasteiger partial charge on any atom is -0.483 e. The fourth-order valence-corrected chi connectivity index (χ4v) is 3.19. The third kappa shape index (κ3) is 4.95. The van der Waals surface area contributed by atoms with Crippen LogP contribution >= 0.6 is 0 Å². The highest BCUT2D eigenvalue weighted by Crippen LogP contribution is 2.34. The summed E-state index contributed by atoms with van der Waals surface area (Å²) in [5.41, 5.74) is 1.92. The zero-order chi connectivity index (χ0) is 21.6. The number of amides is 2. The first kappa shape index (κ1) is 20.3. The summed E-state index contributed by atoms with van der Waals surface area (Å²) in [6.45, 7) is 1.85. The summed E-state index contributed by atoms with van der Waals surface area (Å²) in [5.74, 6) is 1.07. The van der Waals surface area contributed by atoms with E-state index in [0.717, 1.165) is 5.56 Å². The zero-order valence-corrected chi connectivity index (χ0v) is 17.0. The lowest BCUT2D eigenvalue weighted by atomic mass is 10.1. The van der Waals surface area contributed by atoms with Crippen LogP contribution in [0.25, 0.3) is 0 Å². The third-order valence-electron chi connectivity index (χ3n) is 4.80. The number of carbonyl (C=O) groups is 2. The molecule has 1 aliphatic rings. The van der Waals surface area contributed by atoms with E-state index in [1.54, 1.807) is 36.4 Å². The number of para-hydroxylation sites is 2. The van der Waals surface area contributed by atoms with Gasteiger partial charge in [0.1, 0.15) is 5.75 Å². The van der Waals surface area contributed by atoms with E-state index in [2.05, 4.69) is 10.6 Å². The van der Waals surface area contributed by atoms with Gasteiger partial charge >= 0.3 is 0 Å².